The fourth-order valence-corrected chi connectivity index (χ4v) is 8.06. The van der Waals surface area contributed by atoms with Gasteiger partial charge in [-0.2, -0.15) is 0 Å². The predicted octanol–water partition coefficient (Wildman–Crippen LogP) is 0.542. The number of benzene rings is 3. The SMILES string of the molecule is COc1ccc(S(=O)(=O)NC(=O)NCCN(CCN(C(N)=O)S(=O)(=O)c2ccc(OC)cc2)CCN(C(N)=O)S(=O)(=O)c2ccc(OC)cc2)cc1. The van der Waals surface area contributed by atoms with Gasteiger partial charge >= 0.3 is 18.1 Å². The zero-order chi connectivity index (χ0) is 38.7. The number of rotatable bonds is 18. The van der Waals surface area contributed by atoms with E-state index in [-0.39, 0.29) is 40.9 Å². The number of carbonyl (C=O) groups excluding carboxylic acids is 3. The van der Waals surface area contributed by atoms with E-state index in [9.17, 15) is 39.6 Å². The van der Waals surface area contributed by atoms with Gasteiger partial charge in [0, 0.05) is 26.2 Å². The lowest BCUT2D eigenvalue weighted by Crippen LogP contribution is -2.49. The second kappa shape index (κ2) is 17.7. The molecule has 6 amide bonds. The molecule has 52 heavy (non-hydrogen) atoms. The standard InChI is InChI=1S/C30H39N7O12S3/c1-47-22-4-10-25(11-5-22)50(41,42)34-30(40)33-16-17-35(18-20-36(28(31)38)51(43,44)26-12-6-23(48-2)7-13-26)19-21-37(29(32)39)52(45,46)27-14-8-24(49-3)9-15-27/h4-15H,16-21H2,1-3H3,(H2,31,38)(H2,32,39)(H2,33,34,40). The maximum atomic E-state index is 13.3. The Bertz CT molecular complexity index is 1930. The molecule has 0 aromatic heterocycles. The summed E-state index contributed by atoms with van der Waals surface area (Å²) in [7, 11) is -9.09. The van der Waals surface area contributed by atoms with Crippen LogP contribution in [-0.4, -0.2) is 117 Å². The molecule has 0 unspecified atom stereocenters. The highest BCUT2D eigenvalue weighted by molar-refractivity contribution is 7.90. The number of methoxy groups -OCH3 is 3. The van der Waals surface area contributed by atoms with Crippen LogP contribution in [0.3, 0.4) is 0 Å². The molecule has 0 aliphatic rings. The molecule has 6 N–H and O–H groups in total. The van der Waals surface area contributed by atoms with E-state index in [1.54, 1.807) is 0 Å². The number of hydrogen-bond donors (Lipinski definition) is 4. The van der Waals surface area contributed by atoms with Crippen molar-refractivity contribution >= 4 is 48.2 Å². The number of amides is 6. The number of nitrogens with zero attached hydrogens (tertiary/aromatic N) is 3. The van der Waals surface area contributed by atoms with Crippen molar-refractivity contribution in [1.29, 1.82) is 0 Å². The lowest BCUT2D eigenvalue weighted by molar-refractivity contribution is 0.209. The fourth-order valence-electron chi connectivity index (χ4n) is 4.55. The van der Waals surface area contributed by atoms with Crippen LogP contribution in [0.15, 0.2) is 87.5 Å². The Kier molecular flexibility index (Phi) is 14.0. The van der Waals surface area contributed by atoms with E-state index in [2.05, 4.69) is 5.32 Å². The topological polar surface area (TPSA) is 267 Å². The van der Waals surface area contributed by atoms with Gasteiger partial charge in [0.2, 0.25) is 0 Å². The summed E-state index contributed by atoms with van der Waals surface area (Å²) in [6.07, 6.45) is 0. The van der Waals surface area contributed by atoms with Gasteiger partial charge in [-0.1, -0.05) is 0 Å². The van der Waals surface area contributed by atoms with Gasteiger partial charge in [0.1, 0.15) is 17.2 Å². The largest absolute Gasteiger partial charge is 0.497 e. The van der Waals surface area contributed by atoms with Crippen molar-refractivity contribution in [2.24, 2.45) is 11.5 Å². The molecule has 3 rings (SSSR count). The summed E-state index contributed by atoms with van der Waals surface area (Å²) >= 11 is 0. The van der Waals surface area contributed by atoms with E-state index in [1.807, 2.05) is 4.72 Å². The van der Waals surface area contributed by atoms with E-state index in [0.717, 1.165) is 0 Å². The van der Waals surface area contributed by atoms with Crippen molar-refractivity contribution in [3.8, 4) is 17.2 Å². The van der Waals surface area contributed by atoms with Crippen molar-refractivity contribution in [3.63, 3.8) is 0 Å². The van der Waals surface area contributed by atoms with E-state index >= 15 is 0 Å². The monoisotopic (exact) mass is 785 g/mol. The average molecular weight is 786 g/mol. The molecule has 284 valence electrons. The van der Waals surface area contributed by atoms with Crippen LogP contribution in [0.5, 0.6) is 17.2 Å². The molecule has 3 aromatic carbocycles. The van der Waals surface area contributed by atoms with Gasteiger partial charge in [0.25, 0.3) is 30.1 Å². The smallest absolute Gasteiger partial charge is 0.328 e. The number of ether oxygens (including phenoxy) is 3. The van der Waals surface area contributed by atoms with Gasteiger partial charge < -0.3 is 31.0 Å². The van der Waals surface area contributed by atoms with Crippen molar-refractivity contribution in [2.75, 3.05) is 60.6 Å². The normalized spacial score (nSPS) is 11.7. The first kappa shape index (κ1) is 41.1. The second-order valence-corrected chi connectivity index (χ2v) is 16.0. The molecule has 0 fully saturated rings. The zero-order valence-electron chi connectivity index (χ0n) is 28.3. The Morgan fingerprint density at radius 1 is 0.558 bits per heavy atom. The third-order valence-corrected chi connectivity index (χ3v) is 12.3. The van der Waals surface area contributed by atoms with E-state index < -0.39 is 61.3 Å². The highest BCUT2D eigenvalue weighted by Crippen LogP contribution is 2.21. The fraction of sp³-hybridized carbons (Fsp3) is 0.300. The molecule has 19 nitrogen and oxygen atoms in total. The van der Waals surface area contributed by atoms with Gasteiger partial charge in [-0.25, -0.2) is 53.0 Å². The van der Waals surface area contributed by atoms with E-state index in [4.69, 9.17) is 25.7 Å². The summed E-state index contributed by atoms with van der Waals surface area (Å²) in [6, 6.07) is 11.8. The third-order valence-electron chi connectivity index (χ3n) is 7.34. The number of nitrogens with two attached hydrogens (primary N) is 2. The molecular weight excluding hydrogens is 747 g/mol. The highest BCUT2D eigenvalue weighted by Gasteiger charge is 2.31. The van der Waals surface area contributed by atoms with Gasteiger partial charge in [0.05, 0.1) is 49.1 Å². The van der Waals surface area contributed by atoms with Crippen LogP contribution in [0.2, 0.25) is 0 Å². The molecule has 0 aliphatic heterocycles. The Balaban J connectivity index is 1.80. The maximum absolute atomic E-state index is 13.3. The summed E-state index contributed by atoms with van der Waals surface area (Å²) in [5, 5.41) is 2.35. The van der Waals surface area contributed by atoms with Crippen LogP contribution < -0.4 is 35.7 Å². The first-order valence-corrected chi connectivity index (χ1v) is 19.4. The number of urea groups is 3. The van der Waals surface area contributed by atoms with Crippen LogP contribution in [0.25, 0.3) is 0 Å². The first-order chi connectivity index (χ1) is 24.5. The van der Waals surface area contributed by atoms with Crippen LogP contribution >= 0.6 is 0 Å². The molecule has 0 radical (unpaired) electrons. The van der Waals surface area contributed by atoms with Crippen molar-refractivity contribution < 1.29 is 53.8 Å². The minimum Gasteiger partial charge on any atom is -0.497 e. The molecule has 0 spiro atoms. The molecular formula is C30H39N7O12S3. The summed E-state index contributed by atoms with van der Waals surface area (Å²) in [5.74, 6) is 1.10. The lowest BCUT2D eigenvalue weighted by Gasteiger charge is -2.29. The summed E-state index contributed by atoms with van der Waals surface area (Å²) in [5.41, 5.74) is 10.9. The second-order valence-electron chi connectivity index (χ2n) is 10.6. The van der Waals surface area contributed by atoms with Gasteiger partial charge in [-0.3, -0.25) is 4.90 Å². The van der Waals surface area contributed by atoms with Crippen molar-refractivity contribution in [2.45, 2.75) is 14.7 Å². The number of hydrogen-bond acceptors (Lipinski definition) is 13. The van der Waals surface area contributed by atoms with E-state index in [1.165, 1.54) is 99.0 Å². The molecule has 0 aliphatic carbocycles. The molecule has 3 aromatic rings. The molecule has 0 atom stereocenters. The van der Waals surface area contributed by atoms with Gasteiger partial charge in [-0.15, -0.1) is 0 Å². The molecule has 0 bridgehead atoms. The molecule has 0 saturated heterocycles. The Morgan fingerprint density at radius 3 is 1.23 bits per heavy atom. The molecule has 0 saturated carbocycles. The van der Waals surface area contributed by atoms with Crippen LogP contribution in [-0.2, 0) is 30.1 Å². The molecule has 0 heterocycles. The van der Waals surface area contributed by atoms with Crippen molar-refractivity contribution in [1.82, 2.24) is 23.5 Å². The number of carbonyl (C=O) groups is 3. The third kappa shape index (κ3) is 10.6. The van der Waals surface area contributed by atoms with Crippen LogP contribution in [0, 0.1) is 0 Å². The Labute approximate surface area is 301 Å². The predicted molar refractivity (Wildman–Crippen MR) is 186 cm³/mol. The minimum atomic E-state index is -4.48. The first-order valence-electron chi connectivity index (χ1n) is 15.1. The number of nitrogens with one attached hydrogen (secondary N) is 2. The van der Waals surface area contributed by atoms with Crippen LogP contribution in [0.1, 0.15) is 0 Å². The number of sulfonamides is 3. The van der Waals surface area contributed by atoms with E-state index in [0.29, 0.717) is 25.9 Å². The summed E-state index contributed by atoms with van der Waals surface area (Å²) in [6.45, 7) is -2.12. The Hall–Kier alpha value is -5.32. The lowest BCUT2D eigenvalue weighted by atomic mass is 10.3. The summed E-state index contributed by atoms with van der Waals surface area (Å²) < 4.78 is 96.4. The quantitative estimate of drug-likeness (QED) is 0.137. The minimum absolute atomic E-state index is 0.166. The number of primary amides is 2. The summed E-state index contributed by atoms with van der Waals surface area (Å²) in [4.78, 5) is 37.9. The average Bonchev–Trinajstić information content (AvgIpc) is 3.10. The van der Waals surface area contributed by atoms with Gasteiger partial charge in [-0.05, 0) is 72.8 Å². The highest BCUT2D eigenvalue weighted by atomic mass is 32.2. The van der Waals surface area contributed by atoms with Crippen LogP contribution in [0.4, 0.5) is 14.4 Å². The maximum Gasteiger partial charge on any atom is 0.328 e. The Morgan fingerprint density at radius 2 is 0.904 bits per heavy atom. The van der Waals surface area contributed by atoms with Crippen molar-refractivity contribution in [3.05, 3.63) is 72.8 Å². The van der Waals surface area contributed by atoms with Gasteiger partial charge in [0.15, 0.2) is 0 Å². The molecule has 22 heteroatoms. The zero-order valence-corrected chi connectivity index (χ0v) is 30.7.